The zero-order valence-corrected chi connectivity index (χ0v) is 11.5. The van der Waals surface area contributed by atoms with Gasteiger partial charge in [0.1, 0.15) is 0 Å². The minimum Gasteiger partial charge on any atom is -0.393 e. The van der Waals surface area contributed by atoms with Crippen LogP contribution in [0.1, 0.15) is 34.8 Å². The fourth-order valence-corrected chi connectivity index (χ4v) is 2.45. The van der Waals surface area contributed by atoms with Gasteiger partial charge < -0.3 is 10.4 Å². The Hall–Kier alpha value is -2.02. The Labute approximate surface area is 116 Å². The molecule has 0 aromatic carbocycles. The quantitative estimate of drug-likeness (QED) is 0.837. The summed E-state index contributed by atoms with van der Waals surface area (Å²) in [7, 11) is 0. The number of nitrogens with one attached hydrogen (secondary N) is 1. The number of aryl methyl sites for hydroxylation is 2. The van der Waals surface area contributed by atoms with Crippen LogP contribution in [-0.4, -0.2) is 43.2 Å². The van der Waals surface area contributed by atoms with Crippen molar-refractivity contribution in [3.05, 3.63) is 23.3 Å². The minimum atomic E-state index is -0.297. The summed E-state index contributed by atoms with van der Waals surface area (Å²) in [5.41, 5.74) is 1.74. The van der Waals surface area contributed by atoms with Crippen molar-refractivity contribution in [2.75, 3.05) is 6.54 Å². The second-order valence-electron chi connectivity index (χ2n) is 5.39. The Balaban J connectivity index is 1.73. The maximum Gasteiger partial charge on any atom is 0.291 e. The molecule has 7 nitrogen and oxygen atoms in total. The summed E-state index contributed by atoms with van der Waals surface area (Å²) in [5, 5.41) is 16.2. The number of carbonyl (C=O) groups is 1. The van der Waals surface area contributed by atoms with Gasteiger partial charge in [-0.25, -0.2) is 9.50 Å². The van der Waals surface area contributed by atoms with Crippen LogP contribution in [0.15, 0.2) is 6.07 Å². The number of fused-ring (bicyclic) bond motifs is 1. The van der Waals surface area contributed by atoms with E-state index >= 15 is 0 Å². The van der Waals surface area contributed by atoms with E-state index in [9.17, 15) is 9.90 Å². The molecule has 2 N–H and O–H groups in total. The van der Waals surface area contributed by atoms with Gasteiger partial charge in [0, 0.05) is 17.9 Å². The molecular formula is C13H17N5O2. The van der Waals surface area contributed by atoms with Crippen LogP contribution in [0.5, 0.6) is 0 Å². The Morgan fingerprint density at radius 2 is 2.20 bits per heavy atom. The lowest BCUT2D eigenvalue weighted by Crippen LogP contribution is -2.38. The summed E-state index contributed by atoms with van der Waals surface area (Å²) >= 11 is 0. The van der Waals surface area contributed by atoms with Crippen LogP contribution in [0.4, 0.5) is 0 Å². The van der Waals surface area contributed by atoms with Crippen molar-refractivity contribution in [3.63, 3.8) is 0 Å². The van der Waals surface area contributed by atoms with Crippen LogP contribution < -0.4 is 5.32 Å². The maximum absolute atomic E-state index is 12.0. The number of amides is 1. The zero-order valence-electron chi connectivity index (χ0n) is 11.5. The van der Waals surface area contributed by atoms with Crippen molar-refractivity contribution in [3.8, 4) is 0 Å². The van der Waals surface area contributed by atoms with E-state index in [1.165, 1.54) is 0 Å². The lowest BCUT2D eigenvalue weighted by atomic mass is 9.82. The average Bonchev–Trinajstić information content (AvgIpc) is 2.77. The monoisotopic (exact) mass is 275 g/mol. The topological polar surface area (TPSA) is 92.4 Å². The molecule has 1 saturated carbocycles. The Morgan fingerprint density at radius 1 is 1.45 bits per heavy atom. The van der Waals surface area contributed by atoms with Crippen LogP contribution in [0.3, 0.4) is 0 Å². The molecule has 2 heterocycles. The van der Waals surface area contributed by atoms with Crippen molar-refractivity contribution in [2.45, 2.75) is 32.8 Å². The SMILES string of the molecule is Cc1cc(C)n2nc(C(=O)NCC3CC(O)C3)nc2n1. The van der Waals surface area contributed by atoms with E-state index in [1.807, 2.05) is 19.9 Å². The molecule has 1 amide bonds. The number of aliphatic hydroxyl groups is 1. The molecule has 2 aromatic heterocycles. The average molecular weight is 275 g/mol. The van der Waals surface area contributed by atoms with Crippen LogP contribution >= 0.6 is 0 Å². The highest BCUT2D eigenvalue weighted by molar-refractivity contribution is 5.90. The summed E-state index contributed by atoms with van der Waals surface area (Å²) in [6, 6.07) is 1.89. The zero-order chi connectivity index (χ0) is 14.3. The third-order valence-electron chi connectivity index (χ3n) is 3.58. The number of carbonyl (C=O) groups excluding carboxylic acids is 1. The summed E-state index contributed by atoms with van der Waals surface area (Å²) < 4.78 is 1.56. The molecule has 0 aliphatic heterocycles. The molecule has 2 aromatic rings. The number of aliphatic hydroxyl groups excluding tert-OH is 1. The molecule has 1 fully saturated rings. The van der Waals surface area contributed by atoms with Crippen LogP contribution in [0, 0.1) is 19.8 Å². The molecule has 3 rings (SSSR count). The smallest absolute Gasteiger partial charge is 0.291 e. The van der Waals surface area contributed by atoms with Crippen molar-refractivity contribution < 1.29 is 9.90 Å². The Morgan fingerprint density at radius 3 is 2.90 bits per heavy atom. The lowest BCUT2D eigenvalue weighted by molar-refractivity contribution is 0.0419. The first-order valence-corrected chi connectivity index (χ1v) is 6.70. The second-order valence-corrected chi connectivity index (χ2v) is 5.39. The van der Waals surface area contributed by atoms with Gasteiger partial charge in [0.2, 0.25) is 5.82 Å². The normalized spacial score (nSPS) is 21.8. The van der Waals surface area contributed by atoms with E-state index in [0.29, 0.717) is 18.2 Å². The summed E-state index contributed by atoms with van der Waals surface area (Å²) in [6.07, 6.45) is 1.29. The van der Waals surface area contributed by atoms with E-state index < -0.39 is 0 Å². The third kappa shape index (κ3) is 2.36. The highest BCUT2D eigenvalue weighted by atomic mass is 16.3. The van der Waals surface area contributed by atoms with Gasteiger partial charge >= 0.3 is 0 Å². The standard InChI is InChI=1S/C13H17N5O2/c1-7-3-8(2)18-13(15-7)16-11(17-18)12(20)14-6-9-4-10(19)5-9/h3,9-10,19H,4-6H2,1-2H3,(H,14,20). The van der Waals surface area contributed by atoms with E-state index in [-0.39, 0.29) is 17.8 Å². The van der Waals surface area contributed by atoms with Crippen molar-refractivity contribution >= 4 is 11.7 Å². The number of hydrogen-bond acceptors (Lipinski definition) is 5. The van der Waals surface area contributed by atoms with E-state index in [4.69, 9.17) is 0 Å². The first kappa shape index (κ1) is 13.0. The number of hydrogen-bond donors (Lipinski definition) is 2. The molecule has 0 bridgehead atoms. The Kier molecular flexibility index (Phi) is 3.13. The number of rotatable bonds is 3. The molecular weight excluding hydrogens is 258 g/mol. The van der Waals surface area contributed by atoms with Gasteiger partial charge in [0.05, 0.1) is 6.10 Å². The highest BCUT2D eigenvalue weighted by Crippen LogP contribution is 2.26. The Bertz CT molecular complexity index is 660. The predicted octanol–water partition coefficient (Wildman–Crippen LogP) is 0.242. The van der Waals surface area contributed by atoms with Gasteiger partial charge in [0.25, 0.3) is 11.7 Å². The molecule has 0 spiro atoms. The van der Waals surface area contributed by atoms with Crippen LogP contribution in [0.2, 0.25) is 0 Å². The molecule has 0 radical (unpaired) electrons. The van der Waals surface area contributed by atoms with Gasteiger partial charge in [-0.2, -0.15) is 4.98 Å². The van der Waals surface area contributed by atoms with Crippen molar-refractivity contribution in [1.29, 1.82) is 0 Å². The second kappa shape index (κ2) is 4.82. The largest absolute Gasteiger partial charge is 0.393 e. The van der Waals surface area contributed by atoms with Crippen LogP contribution in [0.25, 0.3) is 5.78 Å². The van der Waals surface area contributed by atoms with Crippen molar-refractivity contribution in [1.82, 2.24) is 24.9 Å². The fourth-order valence-electron chi connectivity index (χ4n) is 2.45. The summed E-state index contributed by atoms with van der Waals surface area (Å²) in [5.74, 6) is 0.625. The first-order chi connectivity index (χ1) is 9.52. The fraction of sp³-hybridized carbons (Fsp3) is 0.538. The molecule has 0 unspecified atom stereocenters. The number of nitrogens with zero attached hydrogens (tertiary/aromatic N) is 4. The third-order valence-corrected chi connectivity index (χ3v) is 3.58. The molecule has 106 valence electrons. The van der Waals surface area contributed by atoms with Gasteiger partial charge in [-0.1, -0.05) is 0 Å². The summed E-state index contributed by atoms with van der Waals surface area (Å²) in [6.45, 7) is 4.33. The minimum absolute atomic E-state index is 0.131. The highest BCUT2D eigenvalue weighted by Gasteiger charge is 2.27. The van der Waals surface area contributed by atoms with E-state index in [1.54, 1.807) is 4.52 Å². The van der Waals surface area contributed by atoms with Crippen LogP contribution in [-0.2, 0) is 0 Å². The van der Waals surface area contributed by atoms with Crippen molar-refractivity contribution in [2.24, 2.45) is 5.92 Å². The molecule has 1 aliphatic carbocycles. The van der Waals surface area contributed by atoms with E-state index in [0.717, 1.165) is 24.2 Å². The first-order valence-electron chi connectivity index (χ1n) is 6.70. The van der Waals surface area contributed by atoms with Gasteiger partial charge in [-0.05, 0) is 38.7 Å². The predicted molar refractivity (Wildman–Crippen MR) is 71.3 cm³/mol. The molecule has 0 atom stereocenters. The van der Waals surface area contributed by atoms with E-state index in [2.05, 4.69) is 20.4 Å². The maximum atomic E-state index is 12.0. The molecule has 7 heteroatoms. The van der Waals surface area contributed by atoms with Gasteiger partial charge in [-0.3, -0.25) is 4.79 Å². The molecule has 20 heavy (non-hydrogen) atoms. The van der Waals surface area contributed by atoms with Gasteiger partial charge in [-0.15, -0.1) is 5.10 Å². The summed E-state index contributed by atoms with van der Waals surface area (Å²) in [4.78, 5) is 20.4. The number of aromatic nitrogens is 4. The molecule has 0 saturated heterocycles. The van der Waals surface area contributed by atoms with Gasteiger partial charge in [0.15, 0.2) is 0 Å². The lowest BCUT2D eigenvalue weighted by Gasteiger charge is -2.31. The molecule has 1 aliphatic rings.